The van der Waals surface area contributed by atoms with Crippen LogP contribution in [-0.4, -0.2) is 42.1 Å². The summed E-state index contributed by atoms with van der Waals surface area (Å²) in [6.07, 6.45) is 0.398. The molecule has 0 saturated carbocycles. The van der Waals surface area contributed by atoms with E-state index in [1.807, 2.05) is 25.1 Å². The molecule has 0 spiro atoms. The minimum absolute atomic E-state index is 0.332. The molecule has 0 fully saturated rings. The maximum absolute atomic E-state index is 12.1. The number of nitrogens with one attached hydrogen (secondary N) is 2. The Morgan fingerprint density at radius 2 is 2.05 bits per heavy atom. The highest BCUT2D eigenvalue weighted by Gasteiger charge is 2.19. The average Bonchev–Trinajstić information content (AvgIpc) is 2.43. The largest absolute Gasteiger partial charge is 0.340 e. The van der Waals surface area contributed by atoms with E-state index in [1.54, 1.807) is 30.6 Å². The van der Waals surface area contributed by atoms with Gasteiger partial charge in [0, 0.05) is 12.1 Å². The number of hydrogen-bond acceptors (Lipinski definition) is 4. The van der Waals surface area contributed by atoms with Crippen molar-refractivity contribution in [2.75, 3.05) is 14.1 Å². The van der Waals surface area contributed by atoms with Gasteiger partial charge in [0.1, 0.15) is 6.04 Å². The zero-order chi connectivity index (χ0) is 15.1. The monoisotopic (exact) mass is 279 g/mol. The van der Waals surface area contributed by atoms with Gasteiger partial charge in [-0.3, -0.25) is 14.8 Å². The third-order valence-corrected chi connectivity index (χ3v) is 2.83. The van der Waals surface area contributed by atoms with Crippen molar-refractivity contribution < 1.29 is 14.8 Å². The Morgan fingerprint density at radius 1 is 1.35 bits per heavy atom. The standard InChI is InChI=1S/C14H21N3O3/c1-4-12(14(19)16-20)15-13(18)11-7-5-6-10(8-11)9-17(2)3/h5-8,12,20H,4,9H2,1-3H3,(H,15,18)(H,16,19). The highest BCUT2D eigenvalue weighted by molar-refractivity contribution is 5.97. The first kappa shape index (κ1) is 16.1. The molecule has 1 aromatic rings. The van der Waals surface area contributed by atoms with E-state index in [-0.39, 0.29) is 5.91 Å². The average molecular weight is 279 g/mol. The molecule has 20 heavy (non-hydrogen) atoms. The van der Waals surface area contributed by atoms with Crippen molar-refractivity contribution in [1.82, 2.24) is 15.7 Å². The first-order valence-electron chi connectivity index (χ1n) is 6.46. The van der Waals surface area contributed by atoms with Crippen LogP contribution in [0, 0.1) is 0 Å². The number of rotatable bonds is 6. The van der Waals surface area contributed by atoms with Crippen LogP contribution >= 0.6 is 0 Å². The lowest BCUT2D eigenvalue weighted by Gasteiger charge is -2.15. The molecule has 1 atom stereocenters. The number of nitrogens with zero attached hydrogens (tertiary/aromatic N) is 1. The van der Waals surface area contributed by atoms with Crippen LogP contribution in [-0.2, 0) is 11.3 Å². The van der Waals surface area contributed by atoms with Crippen LogP contribution in [0.2, 0.25) is 0 Å². The predicted octanol–water partition coefficient (Wildman–Crippen LogP) is 0.762. The molecule has 0 bridgehead atoms. The van der Waals surface area contributed by atoms with Crippen molar-refractivity contribution in [2.45, 2.75) is 25.9 Å². The molecule has 0 aliphatic heterocycles. The predicted molar refractivity (Wildman–Crippen MR) is 75.3 cm³/mol. The summed E-state index contributed by atoms with van der Waals surface area (Å²) in [6, 6.07) is 6.48. The van der Waals surface area contributed by atoms with Gasteiger partial charge in [-0.1, -0.05) is 19.1 Å². The second-order valence-corrected chi connectivity index (χ2v) is 4.85. The van der Waals surface area contributed by atoms with Crippen molar-refractivity contribution in [3.05, 3.63) is 35.4 Å². The van der Waals surface area contributed by atoms with Crippen molar-refractivity contribution >= 4 is 11.8 Å². The van der Waals surface area contributed by atoms with Gasteiger partial charge in [0.25, 0.3) is 11.8 Å². The van der Waals surface area contributed by atoms with Gasteiger partial charge in [-0.25, -0.2) is 5.48 Å². The van der Waals surface area contributed by atoms with Crippen LogP contribution in [0.25, 0.3) is 0 Å². The van der Waals surface area contributed by atoms with E-state index in [9.17, 15) is 9.59 Å². The third-order valence-electron chi connectivity index (χ3n) is 2.83. The molecule has 6 nitrogen and oxygen atoms in total. The fourth-order valence-electron chi connectivity index (χ4n) is 1.85. The van der Waals surface area contributed by atoms with E-state index in [2.05, 4.69) is 5.32 Å². The van der Waals surface area contributed by atoms with E-state index in [1.165, 1.54) is 0 Å². The van der Waals surface area contributed by atoms with Gasteiger partial charge >= 0.3 is 0 Å². The Kier molecular flexibility index (Phi) is 6.14. The number of amides is 2. The third kappa shape index (κ3) is 4.64. The molecule has 1 rings (SSSR count). The second-order valence-electron chi connectivity index (χ2n) is 4.85. The molecule has 6 heteroatoms. The lowest BCUT2D eigenvalue weighted by Crippen LogP contribution is -2.45. The van der Waals surface area contributed by atoms with Gasteiger partial charge in [-0.05, 0) is 38.2 Å². The Balaban J connectivity index is 2.78. The van der Waals surface area contributed by atoms with Crippen molar-refractivity contribution in [2.24, 2.45) is 0 Å². The normalized spacial score (nSPS) is 12.1. The highest BCUT2D eigenvalue weighted by Crippen LogP contribution is 2.07. The molecule has 0 aliphatic carbocycles. The Hall–Kier alpha value is -1.92. The second kappa shape index (κ2) is 7.62. The molecule has 0 aliphatic rings. The van der Waals surface area contributed by atoms with Crippen LogP contribution in [0.15, 0.2) is 24.3 Å². The zero-order valence-corrected chi connectivity index (χ0v) is 12.0. The van der Waals surface area contributed by atoms with Crippen LogP contribution < -0.4 is 10.8 Å². The van der Waals surface area contributed by atoms with E-state index >= 15 is 0 Å². The maximum atomic E-state index is 12.1. The Labute approximate surface area is 118 Å². The summed E-state index contributed by atoms with van der Waals surface area (Å²) < 4.78 is 0. The first-order valence-corrected chi connectivity index (χ1v) is 6.46. The van der Waals surface area contributed by atoms with Crippen LogP contribution in [0.3, 0.4) is 0 Å². The molecule has 110 valence electrons. The number of carbonyl (C=O) groups is 2. The summed E-state index contributed by atoms with van der Waals surface area (Å²) in [7, 11) is 3.90. The maximum Gasteiger partial charge on any atom is 0.265 e. The zero-order valence-electron chi connectivity index (χ0n) is 12.0. The summed E-state index contributed by atoms with van der Waals surface area (Å²) in [5.41, 5.74) is 3.06. The minimum atomic E-state index is -0.745. The Bertz CT molecular complexity index is 474. The first-order chi connectivity index (χ1) is 9.47. The fourth-order valence-corrected chi connectivity index (χ4v) is 1.85. The van der Waals surface area contributed by atoms with Crippen LogP contribution in [0.5, 0.6) is 0 Å². The van der Waals surface area contributed by atoms with Gasteiger partial charge in [-0.2, -0.15) is 0 Å². The SMILES string of the molecule is CCC(NC(=O)c1cccc(CN(C)C)c1)C(=O)NO. The molecule has 1 aromatic carbocycles. The molecule has 3 N–H and O–H groups in total. The summed E-state index contributed by atoms with van der Waals surface area (Å²) in [5, 5.41) is 11.2. The summed E-state index contributed by atoms with van der Waals surface area (Å²) in [4.78, 5) is 25.4. The van der Waals surface area contributed by atoms with Gasteiger partial charge in [0.15, 0.2) is 0 Å². The van der Waals surface area contributed by atoms with E-state index in [0.29, 0.717) is 12.0 Å². The summed E-state index contributed by atoms with van der Waals surface area (Å²) in [6.45, 7) is 2.48. The lowest BCUT2D eigenvalue weighted by atomic mass is 10.1. The van der Waals surface area contributed by atoms with Crippen molar-refractivity contribution in [3.8, 4) is 0 Å². The van der Waals surface area contributed by atoms with Crippen molar-refractivity contribution in [3.63, 3.8) is 0 Å². The van der Waals surface area contributed by atoms with Crippen molar-refractivity contribution in [1.29, 1.82) is 0 Å². The van der Waals surface area contributed by atoms with E-state index in [4.69, 9.17) is 5.21 Å². The van der Waals surface area contributed by atoms with Gasteiger partial charge in [-0.15, -0.1) is 0 Å². The van der Waals surface area contributed by atoms with Gasteiger partial charge in [0.05, 0.1) is 0 Å². The van der Waals surface area contributed by atoms with Gasteiger partial charge < -0.3 is 10.2 Å². The topological polar surface area (TPSA) is 81.7 Å². The van der Waals surface area contributed by atoms with Gasteiger partial charge in [0.2, 0.25) is 0 Å². The molecule has 1 unspecified atom stereocenters. The molecule has 0 radical (unpaired) electrons. The highest BCUT2D eigenvalue weighted by atomic mass is 16.5. The minimum Gasteiger partial charge on any atom is -0.340 e. The molecule has 2 amide bonds. The Morgan fingerprint density at radius 3 is 2.60 bits per heavy atom. The summed E-state index contributed by atoms with van der Waals surface area (Å²) >= 11 is 0. The fraction of sp³-hybridized carbons (Fsp3) is 0.429. The number of hydrogen-bond donors (Lipinski definition) is 3. The molecule has 0 aromatic heterocycles. The van der Waals surface area contributed by atoms with Crippen LogP contribution in [0.1, 0.15) is 29.3 Å². The molecule has 0 saturated heterocycles. The lowest BCUT2D eigenvalue weighted by molar-refractivity contribution is -0.131. The number of carbonyl (C=O) groups excluding carboxylic acids is 2. The molecule has 0 heterocycles. The smallest absolute Gasteiger partial charge is 0.265 e. The quantitative estimate of drug-likeness (QED) is 0.530. The summed E-state index contributed by atoms with van der Waals surface area (Å²) in [5.74, 6) is -0.952. The van der Waals surface area contributed by atoms with E-state index in [0.717, 1.165) is 12.1 Å². The number of benzene rings is 1. The molecular formula is C14H21N3O3. The molecular weight excluding hydrogens is 258 g/mol. The van der Waals surface area contributed by atoms with E-state index < -0.39 is 11.9 Å². The van der Waals surface area contributed by atoms with Crippen LogP contribution in [0.4, 0.5) is 0 Å². The number of hydroxylamine groups is 1.